The van der Waals surface area contributed by atoms with Crippen LogP contribution in [0.4, 0.5) is 0 Å². The summed E-state index contributed by atoms with van der Waals surface area (Å²) in [6.07, 6.45) is -16.7. The third-order valence-electron chi connectivity index (χ3n) is 15.6. The summed E-state index contributed by atoms with van der Waals surface area (Å²) in [5.41, 5.74) is 10.2. The van der Waals surface area contributed by atoms with Crippen LogP contribution in [0, 0.1) is 0 Å². The molecular weight excluding hydrogens is 1290 g/mol. The van der Waals surface area contributed by atoms with Gasteiger partial charge in [-0.2, -0.15) is 0 Å². The van der Waals surface area contributed by atoms with Gasteiger partial charge in [0.05, 0.1) is 66.1 Å². The maximum Gasteiger partial charge on any atom is 0.474 e. The van der Waals surface area contributed by atoms with Gasteiger partial charge >= 0.3 is 15.6 Å². The Bertz CT molecular complexity index is 3400. The van der Waals surface area contributed by atoms with Crippen molar-refractivity contribution in [2.75, 3.05) is 33.0 Å². The topological polar surface area (TPSA) is 337 Å². The Balaban J connectivity index is 1.02. The Labute approximate surface area is 557 Å². The molecule has 6 aromatic rings. The van der Waals surface area contributed by atoms with E-state index in [0.717, 1.165) is 22.3 Å². The molecule has 518 valence electrons. The molecule has 0 spiro atoms. The van der Waals surface area contributed by atoms with E-state index in [0.29, 0.717) is 11.1 Å². The lowest BCUT2D eigenvalue weighted by Gasteiger charge is -2.47. The van der Waals surface area contributed by atoms with Crippen LogP contribution in [0.2, 0.25) is 0 Å². The minimum absolute atomic E-state index is 0.0186. The summed E-state index contributed by atoms with van der Waals surface area (Å²) in [5, 5.41) is 19.2. The molecule has 0 aromatic heterocycles. The minimum atomic E-state index is -5.49. The second kappa shape index (κ2) is 36.9. The Morgan fingerprint density at radius 2 is 0.646 bits per heavy atom. The third-order valence-corrected chi connectivity index (χ3v) is 17.5. The van der Waals surface area contributed by atoms with Crippen molar-refractivity contribution in [2.24, 2.45) is 5.73 Å². The summed E-state index contributed by atoms with van der Waals surface area (Å²) >= 11 is 0. The Hall–Kier alpha value is -6.53. The zero-order valence-corrected chi connectivity index (χ0v) is 55.1. The third kappa shape index (κ3) is 22.2. The van der Waals surface area contributed by atoms with E-state index in [1.807, 2.05) is 121 Å². The Kier molecular flexibility index (Phi) is 28.3. The molecule has 3 fully saturated rings. The lowest BCUT2D eigenvalue weighted by atomic mass is 9.96. The fraction of sp³-hybridized carbons (Fsp3) is 0.426. The molecule has 17 atom stereocenters. The first kappa shape index (κ1) is 73.7. The number of phosphoric acid groups is 2. The van der Waals surface area contributed by atoms with Crippen LogP contribution in [0.1, 0.15) is 54.2 Å². The molecule has 3 aliphatic heterocycles. The van der Waals surface area contributed by atoms with Gasteiger partial charge in [-0.15, -0.1) is 0 Å². The highest BCUT2D eigenvalue weighted by Gasteiger charge is 2.55. The number of carbonyl (C=O) groups is 3. The second-order valence-electron chi connectivity index (χ2n) is 23.0. The molecule has 3 saturated heterocycles. The van der Waals surface area contributed by atoms with Crippen LogP contribution in [0.3, 0.4) is 0 Å². The van der Waals surface area contributed by atoms with Gasteiger partial charge in [0.15, 0.2) is 18.9 Å². The largest absolute Gasteiger partial charge is 0.474 e. The second-order valence-corrected chi connectivity index (χ2v) is 25.8. The van der Waals surface area contributed by atoms with E-state index in [1.165, 1.54) is 20.8 Å². The van der Waals surface area contributed by atoms with Gasteiger partial charge in [0.1, 0.15) is 73.1 Å². The standard InChI is InChI=1S/C68H84N4O22P2/c1-45(74)70-57-63(85-40-51-28-16-7-17-29-51)61(83-38-49-24-12-5-13-25-49)55(91-66(57)81-35-34-69)43-88-96(79,80)94-68-59(72-47(3)76)65(87-42-53-32-20-9-21-33-53)62(84-39-50-26-14-6-15-27-50)56(92-68)44-89-95(77,78)93-67-58(71-46(2)75)64(86-41-52-30-18-8-19-31-52)60(54(36-73)90-67)82-37-48-22-10-4-11-23-48/h4-33,54-68,73H,34-44,69H2,1-3H3,(H,70,74)(H,71,75)(H,72,76)(H,77,78)(H,79,80)/t54-,55-,56-,57+,58+,59+,60-,61-,62-,63-,64-,65-,66+,67-,68-/m1/s1. The molecule has 0 saturated carbocycles. The van der Waals surface area contributed by atoms with Gasteiger partial charge in [0, 0.05) is 27.3 Å². The van der Waals surface area contributed by atoms with Crippen molar-refractivity contribution >= 4 is 33.4 Å². The average molecular weight is 1370 g/mol. The molecule has 96 heavy (non-hydrogen) atoms. The molecule has 6 aromatic carbocycles. The molecule has 28 heteroatoms. The van der Waals surface area contributed by atoms with Crippen molar-refractivity contribution in [1.29, 1.82) is 0 Å². The van der Waals surface area contributed by atoms with E-state index in [9.17, 15) is 38.4 Å². The van der Waals surface area contributed by atoms with Crippen LogP contribution in [-0.4, -0.2) is 158 Å². The minimum Gasteiger partial charge on any atom is -0.394 e. The van der Waals surface area contributed by atoms with E-state index >= 15 is 0 Å². The number of nitrogens with one attached hydrogen (secondary N) is 3. The number of nitrogens with two attached hydrogens (primary N) is 1. The molecule has 0 bridgehead atoms. The molecule has 8 N–H and O–H groups in total. The average Bonchev–Trinajstić information content (AvgIpc) is 0.793. The molecule has 3 heterocycles. The van der Waals surface area contributed by atoms with Crippen LogP contribution in [0.5, 0.6) is 0 Å². The molecular formula is C68H84N4O22P2. The quantitative estimate of drug-likeness (QED) is 0.0211. The number of aliphatic hydroxyl groups is 1. The van der Waals surface area contributed by atoms with E-state index < -0.39 is 145 Å². The van der Waals surface area contributed by atoms with Crippen molar-refractivity contribution in [3.8, 4) is 0 Å². The van der Waals surface area contributed by atoms with E-state index in [4.69, 9.17) is 71.2 Å². The van der Waals surface area contributed by atoms with E-state index in [2.05, 4.69) is 16.0 Å². The predicted molar refractivity (Wildman–Crippen MR) is 345 cm³/mol. The number of ether oxygens (including phenoxy) is 10. The van der Waals surface area contributed by atoms with Crippen LogP contribution < -0.4 is 21.7 Å². The maximum absolute atomic E-state index is 14.9. The Morgan fingerprint density at radius 3 is 0.917 bits per heavy atom. The molecule has 3 amide bonds. The first-order chi connectivity index (χ1) is 46.4. The van der Waals surface area contributed by atoms with E-state index in [-0.39, 0.29) is 52.8 Å². The molecule has 3 aliphatic rings. The zero-order chi connectivity index (χ0) is 67.9. The van der Waals surface area contributed by atoms with Gasteiger partial charge in [-0.25, -0.2) is 9.13 Å². The number of benzene rings is 6. The summed E-state index contributed by atoms with van der Waals surface area (Å²) in [7, 11) is -11.0. The zero-order valence-electron chi connectivity index (χ0n) is 53.3. The van der Waals surface area contributed by atoms with Crippen LogP contribution >= 0.6 is 15.6 Å². The lowest BCUT2D eigenvalue weighted by molar-refractivity contribution is -0.288. The van der Waals surface area contributed by atoms with Gasteiger partial charge in [-0.05, 0) is 33.4 Å². The summed E-state index contributed by atoms with van der Waals surface area (Å²) < 4.78 is 118. The summed E-state index contributed by atoms with van der Waals surface area (Å²) in [6, 6.07) is 50.5. The highest BCUT2D eigenvalue weighted by molar-refractivity contribution is 7.47. The van der Waals surface area contributed by atoms with Gasteiger partial charge in [0.2, 0.25) is 17.7 Å². The number of carbonyl (C=O) groups excluding carboxylic acids is 3. The monoisotopic (exact) mass is 1370 g/mol. The number of hydrogen-bond acceptors (Lipinski definition) is 21. The number of phosphoric ester groups is 2. The normalized spacial score (nSPS) is 27.1. The van der Waals surface area contributed by atoms with Crippen molar-refractivity contribution in [2.45, 2.75) is 152 Å². The first-order valence-electron chi connectivity index (χ1n) is 31.4. The molecule has 9 rings (SSSR count). The number of aliphatic hydroxyl groups excluding tert-OH is 1. The van der Waals surface area contributed by atoms with Crippen molar-refractivity contribution in [3.05, 3.63) is 215 Å². The number of amides is 3. The number of rotatable bonds is 35. The lowest BCUT2D eigenvalue weighted by Crippen LogP contribution is -2.66. The number of hydrogen-bond donors (Lipinski definition) is 7. The van der Waals surface area contributed by atoms with Crippen molar-refractivity contribution < 1.29 is 104 Å². The summed E-state index contributed by atoms with van der Waals surface area (Å²) in [5.74, 6) is -1.74. The van der Waals surface area contributed by atoms with Gasteiger partial charge in [0.25, 0.3) is 0 Å². The summed E-state index contributed by atoms with van der Waals surface area (Å²) in [6.45, 7) is 1.03. The maximum atomic E-state index is 14.9. The smallest absolute Gasteiger partial charge is 0.394 e. The molecule has 2 unspecified atom stereocenters. The van der Waals surface area contributed by atoms with Crippen LogP contribution in [0.15, 0.2) is 182 Å². The molecule has 0 radical (unpaired) electrons. The fourth-order valence-corrected chi connectivity index (χ4v) is 12.9. The van der Waals surface area contributed by atoms with Crippen LogP contribution in [0.25, 0.3) is 0 Å². The van der Waals surface area contributed by atoms with Crippen LogP contribution in [-0.2, 0) is 129 Å². The Morgan fingerprint density at radius 1 is 0.396 bits per heavy atom. The predicted octanol–water partition coefficient (Wildman–Crippen LogP) is 6.42. The SMILES string of the molecule is CC(=O)N[C@@H]1[C@@H](OP(=O)(O)OC[C@H]2O[C@H](OP(=O)(O)OC[C@H]3O[C@H](OCCN)[C@@H](NC(C)=O)[C@@H](OCc4ccccc4)[C@@H]3OCc3ccccc3)[C@@H](NC(C)=O)[C@@H](OCc3ccccc3)[C@@H]2OCc2ccccc2)O[C@H](CO)[C@@H](OCc2ccccc2)[C@@H]1OCc1ccccc1. The van der Waals surface area contributed by atoms with Gasteiger partial charge in [-0.3, -0.25) is 32.5 Å². The van der Waals surface area contributed by atoms with Crippen molar-refractivity contribution in [1.82, 2.24) is 16.0 Å². The highest BCUT2D eigenvalue weighted by atomic mass is 31.2. The highest BCUT2D eigenvalue weighted by Crippen LogP contribution is 2.50. The molecule has 26 nitrogen and oxygen atoms in total. The van der Waals surface area contributed by atoms with E-state index in [1.54, 1.807) is 60.7 Å². The van der Waals surface area contributed by atoms with Crippen molar-refractivity contribution in [3.63, 3.8) is 0 Å². The van der Waals surface area contributed by atoms with Gasteiger partial charge in [-0.1, -0.05) is 182 Å². The fourth-order valence-electron chi connectivity index (χ4n) is 11.3. The first-order valence-corrected chi connectivity index (χ1v) is 34.4. The van der Waals surface area contributed by atoms with Gasteiger partial charge < -0.3 is 83.9 Å². The summed E-state index contributed by atoms with van der Waals surface area (Å²) in [4.78, 5) is 63.4. The molecule has 0 aliphatic carbocycles.